The van der Waals surface area contributed by atoms with Crippen molar-refractivity contribution in [1.29, 1.82) is 0 Å². The average Bonchev–Trinajstić information content (AvgIpc) is 2.70. The van der Waals surface area contributed by atoms with Crippen molar-refractivity contribution in [2.75, 3.05) is 0 Å². The quantitative estimate of drug-likeness (QED) is 0.257. The molecule has 162 valence electrons. The van der Waals surface area contributed by atoms with Crippen LogP contribution in [0.25, 0.3) is 0 Å². The maximum absolute atomic E-state index is 6.71. The summed E-state index contributed by atoms with van der Waals surface area (Å²) >= 11 is 0. The summed E-state index contributed by atoms with van der Waals surface area (Å²) < 4.78 is 13.4. The van der Waals surface area contributed by atoms with Gasteiger partial charge in [0.05, 0.1) is 11.7 Å². The third-order valence-electron chi connectivity index (χ3n) is 6.49. The molecule has 0 bridgehead atoms. The summed E-state index contributed by atoms with van der Waals surface area (Å²) in [4.78, 5) is 0. The van der Waals surface area contributed by atoms with E-state index in [2.05, 4.69) is 41.5 Å². The van der Waals surface area contributed by atoms with Crippen LogP contribution in [-0.4, -0.2) is 18.0 Å². The predicted molar refractivity (Wildman–Crippen MR) is 122 cm³/mol. The first-order valence-electron chi connectivity index (χ1n) is 12.2. The zero-order chi connectivity index (χ0) is 20.1. The van der Waals surface area contributed by atoms with Gasteiger partial charge in [-0.3, -0.25) is 0 Å². The molecule has 1 aliphatic rings. The summed E-state index contributed by atoms with van der Waals surface area (Å²) in [5.41, 5.74) is 0. The fourth-order valence-corrected chi connectivity index (χ4v) is 6.45. The van der Waals surface area contributed by atoms with Crippen molar-refractivity contribution in [3.63, 3.8) is 0 Å². The fraction of sp³-hybridized carbons (Fsp3) is 1.00. The molecule has 2 nitrogen and oxygen atoms in total. The lowest BCUT2D eigenvalue weighted by atomic mass is 9.96. The van der Waals surface area contributed by atoms with Gasteiger partial charge in [0.25, 0.3) is 0 Å². The van der Waals surface area contributed by atoms with E-state index in [4.69, 9.17) is 9.47 Å². The van der Waals surface area contributed by atoms with Crippen LogP contribution in [0.5, 0.6) is 0 Å². The molecule has 0 aromatic heterocycles. The Morgan fingerprint density at radius 1 is 0.593 bits per heavy atom. The predicted octanol–water partition coefficient (Wildman–Crippen LogP) is 8.34. The number of hydrogen-bond donors (Lipinski definition) is 0. The van der Waals surface area contributed by atoms with E-state index in [0.717, 1.165) is 8.58 Å². The summed E-state index contributed by atoms with van der Waals surface area (Å²) in [6, 6.07) is 0. The van der Waals surface area contributed by atoms with Crippen LogP contribution in [0.4, 0.5) is 0 Å². The topological polar surface area (TPSA) is 18.5 Å². The number of hydrogen-bond acceptors (Lipinski definition) is 2. The SMILES string of the molecule is CCCCC(CC)C1OC(C(CC)CCCC)PC(C(CC)CCCC)O1. The van der Waals surface area contributed by atoms with Crippen LogP contribution < -0.4 is 0 Å². The van der Waals surface area contributed by atoms with E-state index in [-0.39, 0.29) is 6.29 Å². The van der Waals surface area contributed by atoms with Gasteiger partial charge in [-0.15, -0.1) is 0 Å². The monoisotopic (exact) mass is 400 g/mol. The molecule has 27 heavy (non-hydrogen) atoms. The molecule has 5 atom stereocenters. The van der Waals surface area contributed by atoms with Crippen molar-refractivity contribution in [2.45, 2.75) is 137 Å². The Morgan fingerprint density at radius 3 is 1.30 bits per heavy atom. The summed E-state index contributed by atoms with van der Waals surface area (Å²) in [6.07, 6.45) is 15.4. The van der Waals surface area contributed by atoms with Crippen LogP contribution in [0.2, 0.25) is 0 Å². The molecular weight excluding hydrogens is 351 g/mol. The second-order valence-electron chi connectivity index (χ2n) is 8.58. The van der Waals surface area contributed by atoms with Crippen molar-refractivity contribution in [3.05, 3.63) is 0 Å². The van der Waals surface area contributed by atoms with Gasteiger partial charge in [0.1, 0.15) is 0 Å². The van der Waals surface area contributed by atoms with E-state index in [1.165, 1.54) is 77.0 Å². The Balaban J connectivity index is 2.91. The lowest BCUT2D eigenvalue weighted by Crippen LogP contribution is -2.42. The molecule has 0 aliphatic carbocycles. The molecule has 1 saturated heterocycles. The van der Waals surface area contributed by atoms with Crippen LogP contribution in [0.1, 0.15) is 119 Å². The molecule has 0 N–H and O–H groups in total. The van der Waals surface area contributed by atoms with E-state index in [9.17, 15) is 0 Å². The molecule has 3 heteroatoms. The maximum Gasteiger partial charge on any atom is 0.162 e. The normalized spacial score (nSPS) is 27.6. The lowest BCUT2D eigenvalue weighted by molar-refractivity contribution is -0.221. The molecule has 0 aromatic rings. The van der Waals surface area contributed by atoms with Crippen LogP contribution >= 0.6 is 8.58 Å². The average molecular weight is 401 g/mol. The van der Waals surface area contributed by atoms with Gasteiger partial charge in [-0.1, -0.05) is 101 Å². The molecule has 1 fully saturated rings. The van der Waals surface area contributed by atoms with E-state index in [1.807, 2.05) is 0 Å². The molecule has 0 amide bonds. The van der Waals surface area contributed by atoms with Crippen LogP contribution in [0.15, 0.2) is 0 Å². The summed E-state index contributed by atoms with van der Waals surface area (Å²) in [5, 5.41) is 0. The van der Waals surface area contributed by atoms with Crippen molar-refractivity contribution < 1.29 is 9.47 Å². The van der Waals surface area contributed by atoms with E-state index < -0.39 is 0 Å². The largest absolute Gasteiger partial charge is 0.345 e. The molecule has 1 aliphatic heterocycles. The Hall–Kier alpha value is 0.350. The molecular formula is C24H49O2P. The van der Waals surface area contributed by atoms with Gasteiger partial charge in [0, 0.05) is 5.92 Å². The summed E-state index contributed by atoms with van der Waals surface area (Å²) in [7, 11) is 0.819. The molecule has 0 aromatic carbocycles. The lowest BCUT2D eigenvalue weighted by Gasteiger charge is -2.44. The van der Waals surface area contributed by atoms with Gasteiger partial charge in [-0.2, -0.15) is 0 Å². The molecule has 1 rings (SSSR count). The van der Waals surface area contributed by atoms with Crippen molar-refractivity contribution >= 4 is 8.58 Å². The van der Waals surface area contributed by atoms with Gasteiger partial charge < -0.3 is 9.47 Å². The first-order valence-corrected chi connectivity index (χ1v) is 13.4. The molecule has 5 unspecified atom stereocenters. The van der Waals surface area contributed by atoms with Gasteiger partial charge in [-0.25, -0.2) is 0 Å². The van der Waals surface area contributed by atoms with Gasteiger partial charge in [0.15, 0.2) is 6.29 Å². The highest BCUT2D eigenvalue weighted by Crippen LogP contribution is 2.47. The first kappa shape index (κ1) is 25.4. The van der Waals surface area contributed by atoms with Gasteiger partial charge >= 0.3 is 0 Å². The van der Waals surface area contributed by atoms with E-state index in [1.54, 1.807) is 0 Å². The van der Waals surface area contributed by atoms with Crippen molar-refractivity contribution in [1.82, 2.24) is 0 Å². The molecule has 1 heterocycles. The Bertz CT molecular complexity index is 291. The van der Waals surface area contributed by atoms with Crippen LogP contribution in [0.3, 0.4) is 0 Å². The second-order valence-corrected chi connectivity index (χ2v) is 10.1. The Morgan fingerprint density at radius 2 is 0.963 bits per heavy atom. The maximum atomic E-state index is 6.71. The smallest absolute Gasteiger partial charge is 0.162 e. The minimum atomic E-state index is 0.0316. The van der Waals surface area contributed by atoms with Crippen molar-refractivity contribution in [3.8, 4) is 0 Å². The highest BCUT2D eigenvalue weighted by atomic mass is 31.1. The fourth-order valence-electron chi connectivity index (χ4n) is 4.35. The third kappa shape index (κ3) is 8.71. The third-order valence-corrected chi connectivity index (χ3v) is 8.36. The van der Waals surface area contributed by atoms with E-state index in [0.29, 0.717) is 29.4 Å². The second kappa shape index (κ2) is 15.2. The van der Waals surface area contributed by atoms with E-state index >= 15 is 0 Å². The Labute approximate surface area is 172 Å². The summed E-state index contributed by atoms with van der Waals surface area (Å²) in [5.74, 6) is 2.84. The van der Waals surface area contributed by atoms with Crippen molar-refractivity contribution in [2.24, 2.45) is 17.8 Å². The molecule has 0 radical (unpaired) electrons. The first-order chi connectivity index (χ1) is 13.1. The van der Waals surface area contributed by atoms with Crippen LogP contribution in [-0.2, 0) is 9.47 Å². The van der Waals surface area contributed by atoms with Gasteiger partial charge in [-0.05, 0) is 37.5 Å². The van der Waals surface area contributed by atoms with Crippen LogP contribution in [0, 0.1) is 17.8 Å². The highest BCUT2D eigenvalue weighted by Gasteiger charge is 2.39. The minimum Gasteiger partial charge on any atom is -0.345 e. The molecule has 0 saturated carbocycles. The minimum absolute atomic E-state index is 0.0316. The number of rotatable bonds is 15. The Kier molecular flexibility index (Phi) is 14.3. The number of ether oxygens (including phenoxy) is 2. The zero-order valence-corrected chi connectivity index (χ0v) is 20.3. The van der Waals surface area contributed by atoms with Gasteiger partial charge in [0.2, 0.25) is 0 Å². The summed E-state index contributed by atoms with van der Waals surface area (Å²) in [6.45, 7) is 13.9. The number of unbranched alkanes of at least 4 members (excludes halogenated alkanes) is 3. The highest BCUT2D eigenvalue weighted by molar-refractivity contribution is 7.39. The zero-order valence-electron chi connectivity index (χ0n) is 19.3. The standard InChI is InChI=1S/C24H49O2P/c1-7-13-16-19(10-4)22-25-23(20(11-5)17-14-8-2)27-24(26-22)21(12-6)18-15-9-3/h19-24,27H,7-18H2,1-6H3. The molecule has 0 spiro atoms.